The van der Waals surface area contributed by atoms with Crippen molar-refractivity contribution >= 4 is 24.8 Å². The number of halogens is 2. The highest BCUT2D eigenvalue weighted by molar-refractivity contribution is 5.85. The molecule has 0 amide bonds. The first-order valence-corrected chi connectivity index (χ1v) is 3.02. The molecular formula is C6H13Cl2N3. The van der Waals surface area contributed by atoms with Crippen molar-refractivity contribution in [3.63, 3.8) is 0 Å². The van der Waals surface area contributed by atoms with Crippen LogP contribution < -0.4 is 5.73 Å². The first-order valence-electron chi connectivity index (χ1n) is 3.02. The van der Waals surface area contributed by atoms with E-state index < -0.39 is 0 Å². The summed E-state index contributed by atoms with van der Waals surface area (Å²) in [5.41, 5.74) is 6.64. The zero-order chi connectivity index (χ0) is 6.69. The van der Waals surface area contributed by atoms with Gasteiger partial charge >= 0.3 is 0 Å². The van der Waals surface area contributed by atoms with Crippen molar-refractivity contribution in [3.05, 3.63) is 18.2 Å². The summed E-state index contributed by atoms with van der Waals surface area (Å²) < 4.78 is 0. The van der Waals surface area contributed by atoms with Crippen LogP contribution >= 0.6 is 24.8 Å². The third kappa shape index (κ3) is 5.07. The van der Waals surface area contributed by atoms with Gasteiger partial charge in [-0.3, -0.25) is 0 Å². The Morgan fingerprint density at radius 2 is 2.27 bits per heavy atom. The summed E-state index contributed by atoms with van der Waals surface area (Å²) in [7, 11) is 0. The van der Waals surface area contributed by atoms with Gasteiger partial charge in [-0.05, 0) is 6.92 Å². The summed E-state index contributed by atoms with van der Waals surface area (Å²) in [5.74, 6) is 0. The van der Waals surface area contributed by atoms with Gasteiger partial charge in [-0.15, -0.1) is 24.8 Å². The van der Waals surface area contributed by atoms with E-state index in [2.05, 4.69) is 9.97 Å². The molecule has 0 saturated heterocycles. The lowest BCUT2D eigenvalue weighted by atomic mass is 10.2. The Hall–Kier alpha value is -0.250. The molecule has 0 radical (unpaired) electrons. The Balaban J connectivity index is 0. The van der Waals surface area contributed by atoms with E-state index in [1.165, 1.54) is 0 Å². The second-order valence-electron chi connectivity index (χ2n) is 2.26. The number of aromatic nitrogens is 2. The zero-order valence-corrected chi connectivity index (χ0v) is 7.91. The largest absolute Gasteiger partial charge is 0.348 e. The van der Waals surface area contributed by atoms with Crippen molar-refractivity contribution in [2.24, 2.45) is 5.73 Å². The normalized spacial score (nSPS) is 11.1. The summed E-state index contributed by atoms with van der Waals surface area (Å²) in [5, 5.41) is 0. The van der Waals surface area contributed by atoms with Gasteiger partial charge in [0.05, 0.1) is 6.33 Å². The summed E-state index contributed by atoms with van der Waals surface area (Å²) in [4.78, 5) is 6.84. The molecule has 0 aliphatic carbocycles. The van der Waals surface area contributed by atoms with Gasteiger partial charge < -0.3 is 10.7 Å². The van der Waals surface area contributed by atoms with E-state index in [1.54, 1.807) is 12.5 Å². The average Bonchev–Trinajstić information content (AvgIpc) is 2.15. The second kappa shape index (κ2) is 6.46. The molecule has 0 saturated carbocycles. The molecule has 1 atom stereocenters. The van der Waals surface area contributed by atoms with Crippen molar-refractivity contribution in [1.29, 1.82) is 0 Å². The second-order valence-corrected chi connectivity index (χ2v) is 2.26. The van der Waals surface area contributed by atoms with Gasteiger partial charge in [-0.25, -0.2) is 4.98 Å². The number of hydrogen-bond acceptors (Lipinski definition) is 2. The molecule has 0 bridgehead atoms. The van der Waals surface area contributed by atoms with Crippen LogP contribution in [-0.4, -0.2) is 16.0 Å². The third-order valence-corrected chi connectivity index (χ3v) is 1.10. The maximum Gasteiger partial charge on any atom is 0.0921 e. The smallest absolute Gasteiger partial charge is 0.0921 e. The molecule has 1 aromatic heterocycles. The monoisotopic (exact) mass is 197 g/mol. The number of nitrogens with one attached hydrogen (secondary N) is 1. The molecule has 1 rings (SSSR count). The summed E-state index contributed by atoms with van der Waals surface area (Å²) >= 11 is 0. The fourth-order valence-electron chi connectivity index (χ4n) is 0.743. The number of aromatic amines is 1. The van der Waals surface area contributed by atoms with Crippen LogP contribution in [-0.2, 0) is 6.42 Å². The molecule has 66 valence electrons. The van der Waals surface area contributed by atoms with Crippen LogP contribution in [0.3, 0.4) is 0 Å². The van der Waals surface area contributed by atoms with E-state index in [0.29, 0.717) is 0 Å². The molecule has 0 spiro atoms. The summed E-state index contributed by atoms with van der Waals surface area (Å²) in [6.45, 7) is 1.97. The minimum absolute atomic E-state index is 0. The van der Waals surface area contributed by atoms with Gasteiger partial charge in [-0.1, -0.05) is 0 Å². The van der Waals surface area contributed by atoms with E-state index in [-0.39, 0.29) is 30.9 Å². The highest BCUT2D eigenvalue weighted by Crippen LogP contribution is 1.93. The van der Waals surface area contributed by atoms with Crippen molar-refractivity contribution < 1.29 is 0 Å². The lowest BCUT2D eigenvalue weighted by molar-refractivity contribution is 0.725. The average molecular weight is 198 g/mol. The number of rotatable bonds is 2. The van der Waals surface area contributed by atoms with Crippen LogP contribution in [0, 0.1) is 0 Å². The van der Waals surface area contributed by atoms with Crippen molar-refractivity contribution in [2.45, 2.75) is 19.4 Å². The van der Waals surface area contributed by atoms with Gasteiger partial charge in [0.25, 0.3) is 0 Å². The fourth-order valence-corrected chi connectivity index (χ4v) is 0.743. The van der Waals surface area contributed by atoms with Crippen LogP contribution in [0.4, 0.5) is 0 Å². The molecule has 0 aliphatic rings. The van der Waals surface area contributed by atoms with Gasteiger partial charge in [-0.2, -0.15) is 0 Å². The van der Waals surface area contributed by atoms with E-state index in [9.17, 15) is 0 Å². The lowest BCUT2D eigenvalue weighted by Gasteiger charge is -1.99. The van der Waals surface area contributed by atoms with Gasteiger partial charge in [0, 0.05) is 24.4 Å². The quantitative estimate of drug-likeness (QED) is 0.748. The van der Waals surface area contributed by atoms with E-state index in [4.69, 9.17) is 5.73 Å². The maximum atomic E-state index is 5.54. The number of hydrogen-bond donors (Lipinski definition) is 2. The number of H-pyrrole nitrogens is 1. The molecule has 11 heavy (non-hydrogen) atoms. The Morgan fingerprint density at radius 1 is 1.64 bits per heavy atom. The number of nitrogens with zero attached hydrogens (tertiary/aromatic N) is 1. The standard InChI is InChI=1S/C6H11N3.2ClH/c1-5(7)2-6-3-8-4-9-6;;/h3-5H,2,7H2,1H3,(H,8,9);2*1H/t5-;;/m0../s1. The van der Waals surface area contributed by atoms with Crippen molar-refractivity contribution in [3.8, 4) is 0 Å². The van der Waals surface area contributed by atoms with Crippen LogP contribution in [0.2, 0.25) is 0 Å². The van der Waals surface area contributed by atoms with Gasteiger partial charge in [0.2, 0.25) is 0 Å². The molecule has 3 nitrogen and oxygen atoms in total. The zero-order valence-electron chi connectivity index (χ0n) is 6.28. The van der Waals surface area contributed by atoms with Gasteiger partial charge in [0.15, 0.2) is 0 Å². The summed E-state index contributed by atoms with van der Waals surface area (Å²) in [6, 6.07) is 0.213. The Morgan fingerprint density at radius 3 is 2.64 bits per heavy atom. The Bertz CT molecular complexity index is 162. The molecule has 0 aliphatic heterocycles. The SMILES string of the molecule is C[C@H](N)Cc1cnc[nH]1.Cl.Cl. The number of nitrogens with two attached hydrogens (primary N) is 1. The molecule has 1 heterocycles. The molecule has 0 unspecified atom stereocenters. The number of imidazole rings is 1. The lowest BCUT2D eigenvalue weighted by Crippen LogP contribution is -2.17. The topological polar surface area (TPSA) is 54.7 Å². The summed E-state index contributed by atoms with van der Waals surface area (Å²) in [6.07, 6.45) is 4.33. The highest BCUT2D eigenvalue weighted by Gasteiger charge is 1.96. The Labute approximate surface area is 78.6 Å². The fraction of sp³-hybridized carbons (Fsp3) is 0.500. The maximum absolute atomic E-state index is 5.54. The van der Waals surface area contributed by atoms with Crippen molar-refractivity contribution in [1.82, 2.24) is 9.97 Å². The predicted octanol–water partition coefficient (Wildman–Crippen LogP) is 1.14. The molecule has 3 N–H and O–H groups in total. The highest BCUT2D eigenvalue weighted by atomic mass is 35.5. The van der Waals surface area contributed by atoms with Crippen LogP contribution in [0.15, 0.2) is 12.5 Å². The van der Waals surface area contributed by atoms with E-state index in [0.717, 1.165) is 12.1 Å². The van der Waals surface area contributed by atoms with Gasteiger partial charge in [0.1, 0.15) is 0 Å². The molecule has 5 heteroatoms. The predicted molar refractivity (Wildman–Crippen MR) is 50.4 cm³/mol. The molecular weight excluding hydrogens is 185 g/mol. The first kappa shape index (κ1) is 13.3. The van der Waals surface area contributed by atoms with Crippen LogP contribution in [0.5, 0.6) is 0 Å². The van der Waals surface area contributed by atoms with Crippen LogP contribution in [0.1, 0.15) is 12.6 Å². The van der Waals surface area contributed by atoms with E-state index >= 15 is 0 Å². The van der Waals surface area contributed by atoms with Crippen molar-refractivity contribution in [2.75, 3.05) is 0 Å². The third-order valence-electron chi connectivity index (χ3n) is 1.10. The first-order chi connectivity index (χ1) is 4.29. The Kier molecular flexibility index (Phi) is 7.84. The molecule has 0 fully saturated rings. The van der Waals surface area contributed by atoms with Crippen LogP contribution in [0.25, 0.3) is 0 Å². The molecule has 1 aromatic rings. The minimum Gasteiger partial charge on any atom is -0.348 e. The molecule has 0 aromatic carbocycles. The minimum atomic E-state index is 0. The van der Waals surface area contributed by atoms with E-state index in [1.807, 2.05) is 6.92 Å².